The Morgan fingerprint density at radius 2 is 1.95 bits per heavy atom. The number of carbonyl (C=O) groups is 1. The molecule has 2 aromatic rings. The number of nitrogens with zero attached hydrogens (tertiary/aromatic N) is 1. The fourth-order valence-corrected chi connectivity index (χ4v) is 1.75. The van der Waals surface area contributed by atoms with Crippen molar-refractivity contribution >= 4 is 17.7 Å². The van der Waals surface area contributed by atoms with Crippen molar-refractivity contribution in [1.82, 2.24) is 4.98 Å². The van der Waals surface area contributed by atoms with Crippen LogP contribution in [0.4, 0.5) is 24.9 Å². The van der Waals surface area contributed by atoms with E-state index in [2.05, 4.69) is 15.0 Å². The predicted octanol–water partition coefficient (Wildman–Crippen LogP) is 3.71. The Hall–Kier alpha value is -2.51. The number of methoxy groups -OCH3 is 1. The van der Waals surface area contributed by atoms with Gasteiger partial charge >= 0.3 is 12.1 Å². The fourth-order valence-electron chi connectivity index (χ4n) is 1.75. The van der Waals surface area contributed by atoms with Crippen molar-refractivity contribution in [2.45, 2.75) is 19.0 Å². The SMILES string of the molecule is COC(=O)C(C)c1ccc(Nc2nc(C(F)(F)F)co2)cc1. The molecule has 0 saturated heterocycles. The van der Waals surface area contributed by atoms with E-state index in [1.807, 2.05) is 0 Å². The third kappa shape index (κ3) is 3.57. The molecule has 0 radical (unpaired) electrons. The highest BCUT2D eigenvalue weighted by molar-refractivity contribution is 5.77. The molecule has 1 aromatic carbocycles. The van der Waals surface area contributed by atoms with Gasteiger partial charge in [-0.25, -0.2) is 0 Å². The first kappa shape index (κ1) is 15.9. The number of hydrogen-bond acceptors (Lipinski definition) is 5. The van der Waals surface area contributed by atoms with Gasteiger partial charge in [0.05, 0.1) is 13.0 Å². The van der Waals surface area contributed by atoms with Crippen LogP contribution in [0.5, 0.6) is 0 Å². The molecule has 5 nitrogen and oxygen atoms in total. The Kier molecular flexibility index (Phi) is 4.39. The number of ether oxygens (including phenoxy) is 1. The van der Waals surface area contributed by atoms with Crippen LogP contribution in [0.15, 0.2) is 34.9 Å². The number of halogens is 3. The van der Waals surface area contributed by atoms with Crippen LogP contribution < -0.4 is 5.32 Å². The van der Waals surface area contributed by atoms with Crippen LogP contribution >= 0.6 is 0 Å². The molecule has 118 valence electrons. The van der Waals surface area contributed by atoms with Gasteiger partial charge in [-0.3, -0.25) is 4.79 Å². The van der Waals surface area contributed by atoms with Gasteiger partial charge in [0.25, 0.3) is 6.01 Å². The average molecular weight is 314 g/mol. The minimum atomic E-state index is -4.55. The molecule has 22 heavy (non-hydrogen) atoms. The fraction of sp³-hybridized carbons (Fsp3) is 0.286. The topological polar surface area (TPSA) is 64.4 Å². The molecule has 8 heteroatoms. The summed E-state index contributed by atoms with van der Waals surface area (Å²) in [4.78, 5) is 14.7. The molecule has 1 atom stereocenters. The molecule has 0 aliphatic heterocycles. The zero-order valence-electron chi connectivity index (χ0n) is 11.8. The maximum Gasteiger partial charge on any atom is 0.436 e. The van der Waals surface area contributed by atoms with Crippen molar-refractivity contribution in [3.8, 4) is 0 Å². The molecule has 0 saturated carbocycles. The van der Waals surface area contributed by atoms with E-state index in [1.165, 1.54) is 7.11 Å². The summed E-state index contributed by atoms with van der Waals surface area (Å²) in [6.45, 7) is 1.69. The molecule has 1 N–H and O–H groups in total. The van der Waals surface area contributed by atoms with E-state index in [0.29, 0.717) is 12.0 Å². The summed E-state index contributed by atoms with van der Waals surface area (Å²) >= 11 is 0. The second-order valence-corrected chi connectivity index (χ2v) is 4.53. The van der Waals surface area contributed by atoms with Crippen LogP contribution in [0.1, 0.15) is 24.1 Å². The Bertz CT molecular complexity index is 650. The lowest BCUT2D eigenvalue weighted by Gasteiger charge is -2.10. The van der Waals surface area contributed by atoms with E-state index in [1.54, 1.807) is 31.2 Å². The molecule has 0 spiro atoms. The maximum absolute atomic E-state index is 12.4. The van der Waals surface area contributed by atoms with E-state index in [0.717, 1.165) is 5.56 Å². The molecule has 1 unspecified atom stereocenters. The first-order chi connectivity index (χ1) is 10.3. The molecule has 0 aliphatic rings. The molecule has 0 amide bonds. The van der Waals surface area contributed by atoms with Gasteiger partial charge in [0.15, 0.2) is 5.69 Å². The van der Waals surface area contributed by atoms with Gasteiger partial charge in [-0.05, 0) is 24.6 Å². The third-order valence-electron chi connectivity index (χ3n) is 3.01. The lowest BCUT2D eigenvalue weighted by molar-refractivity contribution is -0.142. The normalized spacial score (nSPS) is 12.8. The molecule has 0 fully saturated rings. The second kappa shape index (κ2) is 6.08. The van der Waals surface area contributed by atoms with Crippen LogP contribution in [0.25, 0.3) is 0 Å². The second-order valence-electron chi connectivity index (χ2n) is 4.53. The highest BCUT2D eigenvalue weighted by atomic mass is 19.4. The van der Waals surface area contributed by atoms with E-state index in [9.17, 15) is 18.0 Å². The number of anilines is 2. The lowest BCUT2D eigenvalue weighted by Crippen LogP contribution is -2.10. The lowest BCUT2D eigenvalue weighted by atomic mass is 10.0. The summed E-state index contributed by atoms with van der Waals surface area (Å²) in [6, 6.07) is 6.27. The quantitative estimate of drug-likeness (QED) is 0.872. The number of oxazole rings is 1. The largest absolute Gasteiger partial charge is 0.469 e. The number of aromatic nitrogens is 1. The van der Waals surface area contributed by atoms with E-state index in [4.69, 9.17) is 4.42 Å². The number of esters is 1. The van der Waals surface area contributed by atoms with Crippen molar-refractivity contribution in [2.75, 3.05) is 12.4 Å². The van der Waals surface area contributed by atoms with Gasteiger partial charge in [-0.1, -0.05) is 12.1 Å². The van der Waals surface area contributed by atoms with Crippen molar-refractivity contribution in [2.24, 2.45) is 0 Å². The standard InChI is InChI=1S/C14H13F3N2O3/c1-8(12(20)21-2)9-3-5-10(6-4-9)18-13-19-11(7-22-13)14(15,16)17/h3-8H,1-2H3,(H,18,19). The van der Waals surface area contributed by atoms with E-state index >= 15 is 0 Å². The minimum Gasteiger partial charge on any atom is -0.469 e. The number of carbonyl (C=O) groups excluding carboxylic acids is 1. The van der Waals surface area contributed by atoms with Crippen molar-refractivity contribution in [3.05, 3.63) is 41.8 Å². The number of rotatable bonds is 4. The van der Waals surface area contributed by atoms with Gasteiger partial charge in [-0.2, -0.15) is 18.2 Å². The monoisotopic (exact) mass is 314 g/mol. The summed E-state index contributed by atoms with van der Waals surface area (Å²) in [5, 5.41) is 2.61. The van der Waals surface area contributed by atoms with Crippen molar-refractivity contribution in [3.63, 3.8) is 0 Å². The maximum atomic E-state index is 12.4. The average Bonchev–Trinajstić information content (AvgIpc) is 2.95. The highest BCUT2D eigenvalue weighted by Gasteiger charge is 2.34. The predicted molar refractivity (Wildman–Crippen MR) is 71.7 cm³/mol. The molecule has 0 bridgehead atoms. The summed E-state index contributed by atoms with van der Waals surface area (Å²) < 4.78 is 46.5. The van der Waals surface area contributed by atoms with Gasteiger partial charge in [0, 0.05) is 5.69 Å². The molecule has 2 rings (SSSR count). The van der Waals surface area contributed by atoms with Crippen molar-refractivity contribution in [1.29, 1.82) is 0 Å². The highest BCUT2D eigenvalue weighted by Crippen LogP contribution is 2.30. The first-order valence-electron chi connectivity index (χ1n) is 6.29. The Morgan fingerprint density at radius 3 is 2.45 bits per heavy atom. The van der Waals surface area contributed by atoms with Crippen LogP contribution in [-0.2, 0) is 15.7 Å². The van der Waals surface area contributed by atoms with E-state index < -0.39 is 17.8 Å². The summed E-state index contributed by atoms with van der Waals surface area (Å²) in [6.07, 6.45) is -4.01. The Balaban J connectivity index is 2.08. The van der Waals surface area contributed by atoms with Crippen LogP contribution in [-0.4, -0.2) is 18.1 Å². The van der Waals surface area contributed by atoms with Gasteiger partial charge in [0.1, 0.15) is 6.26 Å². The molecule has 1 heterocycles. The van der Waals surface area contributed by atoms with Crippen LogP contribution in [0, 0.1) is 0 Å². The number of hydrogen-bond donors (Lipinski definition) is 1. The summed E-state index contributed by atoms with van der Waals surface area (Å²) in [5.41, 5.74) is 0.100. The summed E-state index contributed by atoms with van der Waals surface area (Å²) in [5.74, 6) is -0.805. The molecule has 0 aliphatic carbocycles. The zero-order chi connectivity index (χ0) is 16.3. The smallest absolute Gasteiger partial charge is 0.436 e. The van der Waals surface area contributed by atoms with Gasteiger partial charge in [-0.15, -0.1) is 0 Å². The number of nitrogens with one attached hydrogen (secondary N) is 1. The third-order valence-corrected chi connectivity index (χ3v) is 3.01. The molecular weight excluding hydrogens is 301 g/mol. The van der Waals surface area contributed by atoms with Gasteiger partial charge in [0.2, 0.25) is 0 Å². The number of benzene rings is 1. The van der Waals surface area contributed by atoms with E-state index in [-0.39, 0.29) is 12.0 Å². The Labute approximate surface area is 124 Å². The van der Waals surface area contributed by atoms with Crippen LogP contribution in [0.2, 0.25) is 0 Å². The van der Waals surface area contributed by atoms with Crippen LogP contribution in [0.3, 0.4) is 0 Å². The minimum absolute atomic E-state index is 0.263. The first-order valence-corrected chi connectivity index (χ1v) is 6.29. The van der Waals surface area contributed by atoms with Crippen molar-refractivity contribution < 1.29 is 27.1 Å². The molecule has 1 aromatic heterocycles. The molecular formula is C14H13F3N2O3. The van der Waals surface area contributed by atoms with Gasteiger partial charge < -0.3 is 14.5 Å². The summed E-state index contributed by atoms with van der Waals surface area (Å²) in [7, 11) is 1.30. The Morgan fingerprint density at radius 1 is 1.32 bits per heavy atom. The number of alkyl halides is 3. The zero-order valence-corrected chi connectivity index (χ0v) is 11.8.